The third-order valence-corrected chi connectivity index (χ3v) is 6.27. The van der Waals surface area contributed by atoms with E-state index in [1.165, 1.54) is 5.69 Å². The molecule has 8 nitrogen and oxygen atoms in total. The predicted octanol–water partition coefficient (Wildman–Crippen LogP) is 2.69. The maximum atomic E-state index is 12.5. The highest BCUT2D eigenvalue weighted by molar-refractivity contribution is 5.83. The SMILES string of the molecule is O=C(NCc1ccn[nH]1)N1CC2(CCn3nc(-c4cnc5ccccc5c4)cc32)C1. The number of carbonyl (C=O) groups is 1. The van der Waals surface area contributed by atoms with E-state index in [1.54, 1.807) is 6.20 Å². The molecule has 0 saturated carbocycles. The Morgan fingerprint density at radius 2 is 2.10 bits per heavy atom. The number of likely N-dealkylation sites (tertiary alicyclic amines) is 1. The molecular weight excluding hydrogens is 378 g/mol. The molecule has 0 unspecified atom stereocenters. The quantitative estimate of drug-likeness (QED) is 0.554. The number of aromatic nitrogens is 5. The standard InChI is InChI=1S/C22H21N7O/c30-21(24-12-17-5-7-25-26-17)28-13-22(14-28)6-8-29-20(22)10-19(27-29)16-9-15-3-1-2-4-18(15)23-11-16/h1-5,7,9-11H,6,8,12-14H2,(H,24,30)(H,25,26). The van der Waals surface area contributed by atoms with Gasteiger partial charge in [0.05, 0.1) is 23.4 Å². The molecule has 1 saturated heterocycles. The Kier molecular flexibility index (Phi) is 3.68. The smallest absolute Gasteiger partial charge is 0.317 e. The minimum Gasteiger partial charge on any atom is -0.332 e. The summed E-state index contributed by atoms with van der Waals surface area (Å²) in [5.74, 6) is 0. The van der Waals surface area contributed by atoms with Gasteiger partial charge in [-0.3, -0.25) is 14.8 Å². The Bertz CT molecular complexity index is 1240. The summed E-state index contributed by atoms with van der Waals surface area (Å²) < 4.78 is 2.10. The van der Waals surface area contributed by atoms with Crippen LogP contribution in [0.4, 0.5) is 4.79 Å². The second-order valence-electron chi connectivity index (χ2n) is 8.18. The fourth-order valence-corrected chi connectivity index (χ4v) is 4.63. The lowest BCUT2D eigenvalue weighted by atomic mass is 9.76. The molecule has 0 bridgehead atoms. The van der Waals surface area contributed by atoms with E-state index in [-0.39, 0.29) is 11.4 Å². The van der Waals surface area contributed by atoms with Gasteiger partial charge in [0.1, 0.15) is 0 Å². The van der Waals surface area contributed by atoms with E-state index in [0.717, 1.165) is 53.9 Å². The predicted molar refractivity (Wildman–Crippen MR) is 112 cm³/mol. The van der Waals surface area contributed by atoms with E-state index >= 15 is 0 Å². The largest absolute Gasteiger partial charge is 0.332 e. The highest BCUT2D eigenvalue weighted by Crippen LogP contribution is 2.43. The van der Waals surface area contributed by atoms with Gasteiger partial charge in [0, 0.05) is 54.1 Å². The van der Waals surface area contributed by atoms with Gasteiger partial charge in [-0.25, -0.2) is 4.79 Å². The molecule has 0 aliphatic carbocycles. The first-order valence-corrected chi connectivity index (χ1v) is 10.1. The van der Waals surface area contributed by atoms with Crippen molar-refractivity contribution in [1.82, 2.24) is 35.2 Å². The monoisotopic (exact) mass is 399 g/mol. The summed E-state index contributed by atoms with van der Waals surface area (Å²) >= 11 is 0. The molecule has 2 amide bonds. The minimum atomic E-state index is -0.0351. The molecule has 2 aliphatic heterocycles. The van der Waals surface area contributed by atoms with Crippen molar-refractivity contribution in [2.45, 2.75) is 24.9 Å². The van der Waals surface area contributed by atoms with E-state index < -0.39 is 0 Å². The molecule has 5 heterocycles. The molecule has 0 atom stereocenters. The van der Waals surface area contributed by atoms with Gasteiger partial charge in [0.25, 0.3) is 0 Å². The Morgan fingerprint density at radius 3 is 2.97 bits per heavy atom. The van der Waals surface area contributed by atoms with Crippen LogP contribution in [0.1, 0.15) is 17.8 Å². The van der Waals surface area contributed by atoms with Crippen LogP contribution in [0.25, 0.3) is 22.2 Å². The van der Waals surface area contributed by atoms with Gasteiger partial charge >= 0.3 is 6.03 Å². The second kappa shape index (κ2) is 6.41. The van der Waals surface area contributed by atoms with E-state index in [4.69, 9.17) is 5.10 Å². The molecule has 0 radical (unpaired) electrons. The molecular formula is C22H21N7O. The van der Waals surface area contributed by atoms with Gasteiger partial charge in [-0.05, 0) is 30.7 Å². The van der Waals surface area contributed by atoms with Crippen molar-refractivity contribution in [3.8, 4) is 11.3 Å². The molecule has 2 aliphatic rings. The van der Waals surface area contributed by atoms with E-state index in [2.05, 4.69) is 43.4 Å². The fraction of sp³-hybridized carbons (Fsp3) is 0.273. The van der Waals surface area contributed by atoms with Crippen LogP contribution in [0.15, 0.2) is 54.9 Å². The minimum absolute atomic E-state index is 0.0147. The Labute approximate surface area is 172 Å². The number of rotatable bonds is 3. The van der Waals surface area contributed by atoms with Crippen molar-refractivity contribution in [1.29, 1.82) is 0 Å². The normalized spacial score (nSPS) is 16.6. The first-order chi connectivity index (χ1) is 14.7. The summed E-state index contributed by atoms with van der Waals surface area (Å²) in [4.78, 5) is 18.9. The number of pyridine rings is 1. The third kappa shape index (κ3) is 2.67. The van der Waals surface area contributed by atoms with Crippen molar-refractivity contribution >= 4 is 16.9 Å². The molecule has 1 fully saturated rings. The zero-order valence-corrected chi connectivity index (χ0v) is 16.4. The van der Waals surface area contributed by atoms with Gasteiger partial charge in [0.15, 0.2) is 0 Å². The molecule has 1 aromatic carbocycles. The van der Waals surface area contributed by atoms with Gasteiger partial charge in [-0.2, -0.15) is 10.2 Å². The maximum absolute atomic E-state index is 12.5. The molecule has 3 aromatic heterocycles. The number of hydrogen-bond donors (Lipinski definition) is 2. The van der Waals surface area contributed by atoms with Crippen molar-refractivity contribution in [2.24, 2.45) is 0 Å². The first-order valence-electron chi connectivity index (χ1n) is 10.1. The van der Waals surface area contributed by atoms with E-state index in [9.17, 15) is 4.79 Å². The molecule has 4 aromatic rings. The lowest BCUT2D eigenvalue weighted by Gasteiger charge is -2.47. The van der Waals surface area contributed by atoms with Gasteiger partial charge in [-0.15, -0.1) is 0 Å². The third-order valence-electron chi connectivity index (χ3n) is 6.27. The van der Waals surface area contributed by atoms with Crippen LogP contribution in [0.3, 0.4) is 0 Å². The number of aromatic amines is 1. The molecule has 30 heavy (non-hydrogen) atoms. The topological polar surface area (TPSA) is 91.7 Å². The number of aryl methyl sites for hydroxylation is 1. The van der Waals surface area contributed by atoms with Crippen LogP contribution < -0.4 is 5.32 Å². The maximum Gasteiger partial charge on any atom is 0.317 e. The zero-order valence-electron chi connectivity index (χ0n) is 16.4. The summed E-state index contributed by atoms with van der Waals surface area (Å²) in [6.07, 6.45) is 4.60. The first kappa shape index (κ1) is 17.2. The highest BCUT2D eigenvalue weighted by Gasteiger charge is 2.51. The molecule has 150 valence electrons. The van der Waals surface area contributed by atoms with Crippen molar-refractivity contribution in [3.63, 3.8) is 0 Å². The number of fused-ring (bicyclic) bond motifs is 3. The molecule has 8 heteroatoms. The summed E-state index contributed by atoms with van der Waals surface area (Å²) in [5.41, 5.74) is 5.10. The van der Waals surface area contributed by atoms with Crippen LogP contribution >= 0.6 is 0 Å². The van der Waals surface area contributed by atoms with Crippen LogP contribution in [0.5, 0.6) is 0 Å². The van der Waals surface area contributed by atoms with Crippen molar-refractivity contribution < 1.29 is 4.79 Å². The Morgan fingerprint density at radius 1 is 1.20 bits per heavy atom. The van der Waals surface area contributed by atoms with Gasteiger partial charge in [-0.1, -0.05) is 18.2 Å². The number of amides is 2. The highest BCUT2D eigenvalue weighted by atomic mass is 16.2. The molecule has 1 spiro atoms. The number of hydrogen-bond acceptors (Lipinski definition) is 4. The Hall–Kier alpha value is -3.68. The summed E-state index contributed by atoms with van der Waals surface area (Å²) in [5, 5.41) is 15.7. The van der Waals surface area contributed by atoms with Crippen molar-refractivity contribution in [3.05, 3.63) is 66.2 Å². The Balaban J connectivity index is 1.19. The number of carbonyl (C=O) groups excluding carboxylic acids is 1. The van der Waals surface area contributed by atoms with Gasteiger partial charge < -0.3 is 10.2 Å². The van der Waals surface area contributed by atoms with Crippen LogP contribution in [0.2, 0.25) is 0 Å². The van der Waals surface area contributed by atoms with Crippen LogP contribution in [0, 0.1) is 0 Å². The average molecular weight is 399 g/mol. The number of H-pyrrole nitrogens is 1. The summed E-state index contributed by atoms with van der Waals surface area (Å²) in [6, 6.07) is 14.3. The average Bonchev–Trinajstić information content (AvgIpc) is 3.47. The number of nitrogens with zero attached hydrogens (tertiary/aromatic N) is 5. The number of para-hydroxylation sites is 1. The second-order valence-corrected chi connectivity index (χ2v) is 8.18. The fourth-order valence-electron chi connectivity index (χ4n) is 4.63. The lowest BCUT2D eigenvalue weighted by molar-refractivity contribution is 0.0919. The van der Waals surface area contributed by atoms with Crippen LogP contribution in [-0.4, -0.2) is 49.0 Å². The number of nitrogens with one attached hydrogen (secondary N) is 2. The van der Waals surface area contributed by atoms with Crippen molar-refractivity contribution in [2.75, 3.05) is 13.1 Å². The van der Waals surface area contributed by atoms with Gasteiger partial charge in [0.2, 0.25) is 0 Å². The summed E-state index contributed by atoms with van der Waals surface area (Å²) in [6.45, 7) is 2.80. The number of urea groups is 1. The summed E-state index contributed by atoms with van der Waals surface area (Å²) in [7, 11) is 0. The zero-order chi connectivity index (χ0) is 20.1. The molecule has 2 N–H and O–H groups in total. The van der Waals surface area contributed by atoms with E-state index in [1.807, 2.05) is 35.4 Å². The number of benzene rings is 1. The lowest BCUT2D eigenvalue weighted by Crippen LogP contribution is -2.62. The van der Waals surface area contributed by atoms with Crippen LogP contribution in [-0.2, 0) is 18.5 Å². The molecule has 6 rings (SSSR count). The van der Waals surface area contributed by atoms with E-state index in [0.29, 0.717) is 6.54 Å².